The van der Waals surface area contributed by atoms with Crippen LogP contribution in [-0.4, -0.2) is 27.3 Å². The van der Waals surface area contributed by atoms with Crippen LogP contribution in [0.4, 0.5) is 14.5 Å². The molecule has 4 rings (SSSR count). The van der Waals surface area contributed by atoms with E-state index in [1.807, 2.05) is 0 Å². The molecule has 0 unspecified atom stereocenters. The fraction of sp³-hybridized carbons (Fsp3) is 0.318. The first kappa shape index (κ1) is 21.2. The van der Waals surface area contributed by atoms with E-state index in [0.717, 1.165) is 44.1 Å². The number of ether oxygens (including phenoxy) is 1. The number of hydrogen-bond acceptors (Lipinski definition) is 4. The lowest BCUT2D eigenvalue weighted by molar-refractivity contribution is -0.116. The predicted octanol–water partition coefficient (Wildman–Crippen LogP) is 5.01. The standard InChI is InChI=1S/C22H21ClF2N4O2/c23-16-13-15(24)6-8-19(16)31-11-9-21(30)26-18-12-14(5-7-17(18)25)22-28-27-20-4-2-1-3-10-29(20)22/h5-8,12-13H,1-4,9-11H2,(H,26,30). The summed E-state index contributed by atoms with van der Waals surface area (Å²) in [5.74, 6) is 0.428. The van der Waals surface area contributed by atoms with Gasteiger partial charge in [-0.05, 0) is 49.2 Å². The highest BCUT2D eigenvalue weighted by atomic mass is 35.5. The van der Waals surface area contributed by atoms with Crippen LogP contribution in [0.1, 0.15) is 31.5 Å². The molecule has 1 amide bonds. The van der Waals surface area contributed by atoms with Crippen LogP contribution in [0.15, 0.2) is 36.4 Å². The molecule has 0 saturated carbocycles. The normalized spacial score (nSPS) is 13.4. The average molecular weight is 447 g/mol. The molecule has 1 aliphatic heterocycles. The van der Waals surface area contributed by atoms with E-state index < -0.39 is 17.5 Å². The van der Waals surface area contributed by atoms with E-state index in [1.54, 1.807) is 12.1 Å². The number of amides is 1. The monoisotopic (exact) mass is 446 g/mol. The lowest BCUT2D eigenvalue weighted by atomic mass is 10.1. The molecule has 1 aliphatic rings. The minimum Gasteiger partial charge on any atom is -0.491 e. The van der Waals surface area contributed by atoms with E-state index in [9.17, 15) is 13.6 Å². The van der Waals surface area contributed by atoms with Crippen molar-refractivity contribution in [1.29, 1.82) is 0 Å². The lowest BCUT2D eigenvalue weighted by Crippen LogP contribution is -2.16. The fourth-order valence-electron chi connectivity index (χ4n) is 3.52. The van der Waals surface area contributed by atoms with E-state index in [-0.39, 0.29) is 29.5 Å². The van der Waals surface area contributed by atoms with Crippen molar-refractivity contribution >= 4 is 23.2 Å². The number of nitrogens with zero attached hydrogens (tertiary/aromatic N) is 3. The molecule has 1 N–H and O–H groups in total. The van der Waals surface area contributed by atoms with Gasteiger partial charge in [0.15, 0.2) is 5.82 Å². The van der Waals surface area contributed by atoms with Crippen LogP contribution in [0.5, 0.6) is 5.75 Å². The van der Waals surface area contributed by atoms with Crippen molar-refractivity contribution in [2.24, 2.45) is 0 Å². The smallest absolute Gasteiger partial charge is 0.227 e. The molecule has 0 aliphatic carbocycles. The zero-order valence-electron chi connectivity index (χ0n) is 16.7. The van der Waals surface area contributed by atoms with Crippen molar-refractivity contribution < 1.29 is 18.3 Å². The minimum atomic E-state index is -0.546. The minimum absolute atomic E-state index is 0.0101. The Hall–Kier alpha value is -3.00. The fourth-order valence-corrected chi connectivity index (χ4v) is 3.74. The van der Waals surface area contributed by atoms with Gasteiger partial charge in [-0.1, -0.05) is 18.0 Å². The van der Waals surface area contributed by atoms with Crippen LogP contribution >= 0.6 is 11.6 Å². The Morgan fingerprint density at radius 1 is 1.13 bits per heavy atom. The molecule has 3 aromatic rings. The zero-order valence-corrected chi connectivity index (χ0v) is 17.5. The molecular weight excluding hydrogens is 426 g/mol. The van der Waals surface area contributed by atoms with Gasteiger partial charge >= 0.3 is 0 Å². The third-order valence-electron chi connectivity index (χ3n) is 5.09. The number of nitrogens with one attached hydrogen (secondary N) is 1. The van der Waals surface area contributed by atoms with Crippen LogP contribution in [0.3, 0.4) is 0 Å². The summed E-state index contributed by atoms with van der Waals surface area (Å²) in [6.45, 7) is 0.830. The van der Waals surface area contributed by atoms with Gasteiger partial charge in [0.2, 0.25) is 5.91 Å². The Balaban J connectivity index is 1.42. The Morgan fingerprint density at radius 2 is 2.00 bits per heavy atom. The van der Waals surface area contributed by atoms with Crippen molar-refractivity contribution in [1.82, 2.24) is 14.8 Å². The van der Waals surface area contributed by atoms with Crippen molar-refractivity contribution in [3.8, 4) is 17.1 Å². The van der Waals surface area contributed by atoms with Gasteiger partial charge in [0, 0.05) is 18.5 Å². The van der Waals surface area contributed by atoms with Crippen molar-refractivity contribution in [2.45, 2.75) is 38.6 Å². The topological polar surface area (TPSA) is 69.0 Å². The van der Waals surface area contributed by atoms with Crippen molar-refractivity contribution in [3.05, 3.63) is 58.9 Å². The average Bonchev–Trinajstić information content (AvgIpc) is 2.99. The van der Waals surface area contributed by atoms with Crippen LogP contribution in [-0.2, 0) is 17.8 Å². The second kappa shape index (κ2) is 9.43. The molecule has 0 bridgehead atoms. The SMILES string of the molecule is O=C(CCOc1ccc(F)cc1Cl)Nc1cc(-c2nnc3n2CCCCC3)ccc1F. The first-order valence-electron chi connectivity index (χ1n) is 10.1. The Labute approximate surface area is 183 Å². The van der Waals surface area contributed by atoms with E-state index >= 15 is 0 Å². The number of carbonyl (C=O) groups excluding carboxylic acids is 1. The highest BCUT2D eigenvalue weighted by molar-refractivity contribution is 6.32. The molecule has 162 valence electrons. The van der Waals surface area contributed by atoms with E-state index in [2.05, 4.69) is 20.1 Å². The summed E-state index contributed by atoms with van der Waals surface area (Å²) >= 11 is 5.89. The largest absolute Gasteiger partial charge is 0.491 e. The lowest BCUT2D eigenvalue weighted by Gasteiger charge is -2.11. The van der Waals surface area contributed by atoms with Gasteiger partial charge in [-0.15, -0.1) is 10.2 Å². The van der Waals surface area contributed by atoms with Gasteiger partial charge in [-0.2, -0.15) is 0 Å². The molecule has 0 saturated heterocycles. The maximum absolute atomic E-state index is 14.3. The summed E-state index contributed by atoms with van der Waals surface area (Å²) in [5.41, 5.74) is 0.750. The van der Waals surface area contributed by atoms with Crippen LogP contribution in [0, 0.1) is 11.6 Å². The molecule has 6 nitrogen and oxygen atoms in total. The summed E-state index contributed by atoms with van der Waals surface area (Å²) in [4.78, 5) is 12.3. The molecule has 0 atom stereocenters. The van der Waals surface area contributed by atoms with Crippen LogP contribution in [0.2, 0.25) is 5.02 Å². The van der Waals surface area contributed by atoms with E-state index in [0.29, 0.717) is 11.4 Å². The number of halogens is 3. The van der Waals surface area contributed by atoms with Gasteiger partial charge < -0.3 is 14.6 Å². The maximum atomic E-state index is 14.3. The number of hydrogen-bond donors (Lipinski definition) is 1. The van der Waals surface area contributed by atoms with Crippen LogP contribution in [0.25, 0.3) is 11.4 Å². The molecule has 31 heavy (non-hydrogen) atoms. The van der Waals surface area contributed by atoms with Crippen molar-refractivity contribution in [3.63, 3.8) is 0 Å². The van der Waals surface area contributed by atoms with Crippen LogP contribution < -0.4 is 10.1 Å². The Kier molecular flexibility index (Phi) is 6.46. The molecule has 2 aromatic carbocycles. The van der Waals surface area contributed by atoms with Gasteiger partial charge in [0.05, 0.1) is 23.7 Å². The quantitative estimate of drug-likeness (QED) is 0.577. The Bertz CT molecular complexity index is 1100. The van der Waals surface area contributed by atoms with Gasteiger partial charge in [-0.25, -0.2) is 8.78 Å². The highest BCUT2D eigenvalue weighted by Gasteiger charge is 2.18. The number of aryl methyl sites for hydroxylation is 1. The first-order valence-corrected chi connectivity index (χ1v) is 10.5. The molecule has 0 radical (unpaired) electrons. The molecule has 2 heterocycles. The Morgan fingerprint density at radius 3 is 2.84 bits per heavy atom. The molecule has 0 fully saturated rings. The number of aromatic nitrogens is 3. The summed E-state index contributed by atoms with van der Waals surface area (Å²) < 4.78 is 34.9. The van der Waals surface area contributed by atoms with Crippen molar-refractivity contribution in [2.75, 3.05) is 11.9 Å². The van der Waals surface area contributed by atoms with E-state index in [1.165, 1.54) is 18.2 Å². The second-order valence-electron chi connectivity index (χ2n) is 7.32. The van der Waals surface area contributed by atoms with Gasteiger partial charge in [0.25, 0.3) is 0 Å². The van der Waals surface area contributed by atoms with E-state index in [4.69, 9.17) is 16.3 Å². The third kappa shape index (κ3) is 5.02. The third-order valence-corrected chi connectivity index (χ3v) is 5.38. The summed E-state index contributed by atoms with van der Waals surface area (Å²) in [5, 5.41) is 11.2. The summed E-state index contributed by atoms with van der Waals surface area (Å²) in [6, 6.07) is 8.23. The number of fused-ring (bicyclic) bond motifs is 1. The second-order valence-corrected chi connectivity index (χ2v) is 7.73. The molecule has 1 aromatic heterocycles. The number of carbonyl (C=O) groups is 1. The number of benzene rings is 2. The highest BCUT2D eigenvalue weighted by Crippen LogP contribution is 2.27. The molecule has 9 heteroatoms. The van der Waals surface area contributed by atoms with Gasteiger partial charge in [0.1, 0.15) is 23.2 Å². The predicted molar refractivity (Wildman–Crippen MR) is 113 cm³/mol. The maximum Gasteiger partial charge on any atom is 0.227 e. The number of anilines is 1. The number of rotatable bonds is 6. The first-order chi connectivity index (χ1) is 15.0. The summed E-state index contributed by atoms with van der Waals surface area (Å²) in [7, 11) is 0. The molecular formula is C22H21ClF2N4O2. The zero-order chi connectivity index (χ0) is 21.8. The molecule has 0 spiro atoms. The van der Waals surface area contributed by atoms with Gasteiger partial charge in [-0.3, -0.25) is 4.79 Å². The summed E-state index contributed by atoms with van der Waals surface area (Å²) in [6.07, 6.45) is 4.10.